The summed E-state index contributed by atoms with van der Waals surface area (Å²) in [6, 6.07) is 14.4. The lowest BCUT2D eigenvalue weighted by molar-refractivity contribution is 0.317. The summed E-state index contributed by atoms with van der Waals surface area (Å²) in [5.41, 5.74) is 2.70. The Bertz CT molecular complexity index is 970. The van der Waals surface area contributed by atoms with Crippen molar-refractivity contribution >= 4 is 5.90 Å². The van der Waals surface area contributed by atoms with Crippen LogP contribution in [-0.4, -0.2) is 17.6 Å². The molecule has 4 rings (SSSR count). The van der Waals surface area contributed by atoms with Crippen molar-refractivity contribution < 1.29 is 18.6 Å². The van der Waals surface area contributed by atoms with Crippen molar-refractivity contribution in [1.82, 2.24) is 0 Å². The number of nitrogens with zero attached hydrogens (tertiary/aromatic N) is 1. The first-order chi connectivity index (χ1) is 13.1. The Kier molecular flexibility index (Phi) is 4.59. The van der Waals surface area contributed by atoms with E-state index >= 15 is 0 Å². The summed E-state index contributed by atoms with van der Waals surface area (Å²) < 4.78 is 33.8. The number of hydrogen-bond donors (Lipinski definition) is 1. The Morgan fingerprint density at radius 1 is 0.963 bits per heavy atom. The Morgan fingerprint density at radius 3 is 2.33 bits per heavy atom. The second kappa shape index (κ2) is 7.19. The van der Waals surface area contributed by atoms with Gasteiger partial charge < -0.3 is 9.84 Å². The summed E-state index contributed by atoms with van der Waals surface area (Å²) in [4.78, 5) is 4.39. The molecule has 0 saturated carbocycles. The minimum Gasteiger partial charge on any atom is -0.508 e. The molecule has 1 atom stereocenters. The molecule has 3 nitrogen and oxygen atoms in total. The number of phenols is 1. The zero-order valence-electron chi connectivity index (χ0n) is 14.4. The number of ether oxygens (including phenoxy) is 1. The van der Waals surface area contributed by atoms with E-state index in [9.17, 15) is 13.9 Å². The number of aromatic hydroxyl groups is 1. The van der Waals surface area contributed by atoms with Gasteiger partial charge in [-0.25, -0.2) is 13.8 Å². The average molecular weight is 365 g/mol. The van der Waals surface area contributed by atoms with Crippen molar-refractivity contribution in [3.05, 3.63) is 89.5 Å². The molecular formula is C22H17F2NO2. The highest BCUT2D eigenvalue weighted by atomic mass is 19.1. The molecule has 0 saturated heterocycles. The van der Waals surface area contributed by atoms with Gasteiger partial charge in [0.05, 0.1) is 0 Å². The Balaban J connectivity index is 1.57. The van der Waals surface area contributed by atoms with Crippen molar-refractivity contribution in [3.8, 4) is 16.9 Å². The summed E-state index contributed by atoms with van der Waals surface area (Å²) in [6.07, 6.45) is 4.27. The number of aliphatic imine (C=N–C) groups is 1. The normalized spacial score (nSPS) is 19.4. The summed E-state index contributed by atoms with van der Waals surface area (Å²) in [7, 11) is 0. The van der Waals surface area contributed by atoms with Crippen LogP contribution in [0.3, 0.4) is 0 Å². The predicted octanol–water partition coefficient (Wildman–Crippen LogP) is 5.57. The van der Waals surface area contributed by atoms with E-state index in [-0.39, 0.29) is 36.3 Å². The fourth-order valence-electron chi connectivity index (χ4n) is 3.09. The summed E-state index contributed by atoms with van der Waals surface area (Å²) >= 11 is 0. The number of halogens is 2. The van der Waals surface area contributed by atoms with Gasteiger partial charge in [0, 0.05) is 6.42 Å². The van der Waals surface area contributed by atoms with E-state index in [2.05, 4.69) is 4.99 Å². The highest BCUT2D eigenvalue weighted by molar-refractivity contribution is 5.99. The maximum absolute atomic E-state index is 14.2. The first kappa shape index (κ1) is 17.2. The second-order valence-corrected chi connectivity index (χ2v) is 6.36. The molecule has 2 aliphatic rings. The first-order valence-corrected chi connectivity index (χ1v) is 8.63. The van der Waals surface area contributed by atoms with Crippen LogP contribution in [0.2, 0.25) is 0 Å². The van der Waals surface area contributed by atoms with Crippen molar-refractivity contribution in [2.75, 3.05) is 6.61 Å². The Labute approximate surface area is 155 Å². The highest BCUT2D eigenvalue weighted by Gasteiger charge is 2.28. The van der Waals surface area contributed by atoms with Gasteiger partial charge in [0.2, 0.25) is 5.90 Å². The molecule has 2 aromatic rings. The van der Waals surface area contributed by atoms with Crippen LogP contribution in [0.4, 0.5) is 8.78 Å². The topological polar surface area (TPSA) is 41.8 Å². The highest BCUT2D eigenvalue weighted by Crippen LogP contribution is 2.32. The number of rotatable bonds is 3. The largest absolute Gasteiger partial charge is 0.508 e. The quantitative estimate of drug-likeness (QED) is 0.773. The molecule has 1 aliphatic heterocycles. The van der Waals surface area contributed by atoms with Gasteiger partial charge >= 0.3 is 0 Å². The Hall–Kier alpha value is -3.21. The number of allylic oxidation sites excluding steroid dienone is 4. The van der Waals surface area contributed by atoms with E-state index in [1.54, 1.807) is 18.2 Å². The Morgan fingerprint density at radius 2 is 1.63 bits per heavy atom. The summed E-state index contributed by atoms with van der Waals surface area (Å²) in [6.45, 7) is 0.241. The van der Waals surface area contributed by atoms with Gasteiger partial charge in [-0.05, 0) is 34.9 Å². The monoisotopic (exact) mass is 365 g/mol. The molecule has 0 amide bonds. The summed E-state index contributed by atoms with van der Waals surface area (Å²) in [5, 5.41) is 9.38. The van der Waals surface area contributed by atoms with Gasteiger partial charge in [-0.2, -0.15) is 0 Å². The van der Waals surface area contributed by atoms with Gasteiger partial charge in [-0.1, -0.05) is 48.6 Å². The molecule has 1 aliphatic carbocycles. The van der Waals surface area contributed by atoms with E-state index in [0.29, 0.717) is 0 Å². The smallest absolute Gasteiger partial charge is 0.222 e. The standard InChI is InChI=1S/C22H17F2NO2/c23-18-3-1-2-4-19(24)21(18)22-25-20(13-27-22)16-7-5-14(6-8-16)15-9-11-17(26)12-10-15/h1-3,5-12,20,26H,4,13H2. The lowest BCUT2D eigenvalue weighted by Gasteiger charge is -2.07. The predicted molar refractivity (Wildman–Crippen MR) is 101 cm³/mol. The molecule has 136 valence electrons. The molecule has 1 heterocycles. The van der Waals surface area contributed by atoms with E-state index in [1.165, 1.54) is 12.2 Å². The van der Waals surface area contributed by atoms with E-state index < -0.39 is 11.7 Å². The lowest BCUT2D eigenvalue weighted by Crippen LogP contribution is -2.06. The maximum Gasteiger partial charge on any atom is 0.222 e. The molecule has 0 bridgehead atoms. The molecule has 0 fully saturated rings. The van der Waals surface area contributed by atoms with Crippen LogP contribution in [0.25, 0.3) is 11.1 Å². The van der Waals surface area contributed by atoms with Crippen LogP contribution in [-0.2, 0) is 4.74 Å². The van der Waals surface area contributed by atoms with Crippen molar-refractivity contribution in [1.29, 1.82) is 0 Å². The van der Waals surface area contributed by atoms with Crippen LogP contribution in [0.5, 0.6) is 5.75 Å². The molecule has 1 N–H and O–H groups in total. The van der Waals surface area contributed by atoms with Gasteiger partial charge in [0.15, 0.2) is 0 Å². The van der Waals surface area contributed by atoms with Crippen molar-refractivity contribution in [3.63, 3.8) is 0 Å². The van der Waals surface area contributed by atoms with Gasteiger partial charge in [0.25, 0.3) is 0 Å². The molecule has 27 heavy (non-hydrogen) atoms. The van der Waals surface area contributed by atoms with E-state index in [4.69, 9.17) is 4.74 Å². The van der Waals surface area contributed by atoms with Crippen molar-refractivity contribution in [2.24, 2.45) is 4.99 Å². The van der Waals surface area contributed by atoms with Gasteiger partial charge in [0.1, 0.15) is 35.6 Å². The first-order valence-electron chi connectivity index (χ1n) is 8.63. The van der Waals surface area contributed by atoms with Gasteiger partial charge in [-0.3, -0.25) is 0 Å². The zero-order valence-corrected chi connectivity index (χ0v) is 14.4. The summed E-state index contributed by atoms with van der Waals surface area (Å²) in [5.74, 6) is -1.03. The van der Waals surface area contributed by atoms with E-state index in [0.717, 1.165) is 16.7 Å². The molecular weight excluding hydrogens is 348 g/mol. The van der Waals surface area contributed by atoms with Crippen LogP contribution >= 0.6 is 0 Å². The SMILES string of the molecule is Oc1ccc(-c2ccc(C3COC(C4=C(F)CC=CC=C4F)=N3)cc2)cc1. The van der Waals surface area contributed by atoms with Crippen LogP contribution in [0, 0.1) is 0 Å². The average Bonchev–Trinajstić information content (AvgIpc) is 3.09. The molecule has 5 heteroatoms. The molecule has 0 radical (unpaired) electrons. The minimum absolute atomic E-state index is 0.0116. The molecule has 1 unspecified atom stereocenters. The van der Waals surface area contributed by atoms with Crippen LogP contribution in [0.15, 0.2) is 89.0 Å². The second-order valence-electron chi connectivity index (χ2n) is 6.36. The third-order valence-electron chi connectivity index (χ3n) is 4.55. The van der Waals surface area contributed by atoms with Crippen molar-refractivity contribution in [2.45, 2.75) is 12.5 Å². The van der Waals surface area contributed by atoms with E-state index in [1.807, 2.05) is 36.4 Å². The molecule has 2 aromatic carbocycles. The lowest BCUT2D eigenvalue weighted by atomic mass is 10.0. The number of benzene rings is 2. The zero-order chi connectivity index (χ0) is 18.8. The molecule has 0 aromatic heterocycles. The number of hydrogen-bond acceptors (Lipinski definition) is 3. The fraction of sp³-hybridized carbons (Fsp3) is 0.136. The third kappa shape index (κ3) is 3.53. The van der Waals surface area contributed by atoms with Crippen LogP contribution < -0.4 is 0 Å². The molecule has 0 spiro atoms. The minimum atomic E-state index is -0.677. The fourth-order valence-corrected chi connectivity index (χ4v) is 3.09. The van der Waals surface area contributed by atoms with Gasteiger partial charge in [-0.15, -0.1) is 0 Å². The number of phenolic OH excluding ortho intramolecular Hbond substituents is 1. The van der Waals surface area contributed by atoms with Crippen LogP contribution in [0.1, 0.15) is 18.0 Å². The third-order valence-corrected chi connectivity index (χ3v) is 4.55. The maximum atomic E-state index is 14.2.